The van der Waals surface area contributed by atoms with Crippen molar-refractivity contribution in [1.29, 1.82) is 0 Å². The molecule has 31 heavy (non-hydrogen) atoms. The van der Waals surface area contributed by atoms with E-state index in [1.807, 2.05) is 6.26 Å². The highest BCUT2D eigenvalue weighted by atomic mass is 32.2. The fourth-order valence-corrected chi connectivity index (χ4v) is 3.23. The van der Waals surface area contributed by atoms with E-state index in [9.17, 15) is 34.2 Å². The number of carbonyl (C=O) groups excluding carboxylic acids is 3. The average Bonchev–Trinajstić information content (AvgIpc) is 2.71. The lowest BCUT2D eigenvalue weighted by atomic mass is 10.1. The lowest BCUT2D eigenvalue weighted by Crippen LogP contribution is -2.58. The summed E-state index contributed by atoms with van der Waals surface area (Å²) in [5.41, 5.74) is 5.71. The van der Waals surface area contributed by atoms with Gasteiger partial charge in [-0.1, -0.05) is 0 Å². The molecule has 0 rings (SSSR count). The molecule has 0 radical (unpaired) electrons. The van der Waals surface area contributed by atoms with E-state index >= 15 is 0 Å². The summed E-state index contributed by atoms with van der Waals surface area (Å²) in [6.07, 6.45) is 3.19. The Bertz CT molecular complexity index is 637. The molecular weight excluding hydrogens is 452 g/mol. The Balaban J connectivity index is 5.19. The standard InChI is InChI=1S/C17H30N4O8S2/c1-30-5-3-9(18)14(25)21-12(8-22)16(27)20-11(7-13(23)24)15(26)19-10(17(28)29)4-6-31-2/h9-12,22H,3-8,18H2,1-2H3,(H,19,26)(H,20,27)(H,21,25)(H,23,24)(H,28,29). The first kappa shape index (κ1) is 29.0. The van der Waals surface area contributed by atoms with Gasteiger partial charge in [0, 0.05) is 0 Å². The van der Waals surface area contributed by atoms with E-state index in [1.165, 1.54) is 23.5 Å². The molecule has 4 unspecified atom stereocenters. The summed E-state index contributed by atoms with van der Waals surface area (Å²) >= 11 is 2.84. The van der Waals surface area contributed by atoms with Crippen LogP contribution in [0.1, 0.15) is 19.3 Å². The molecule has 178 valence electrons. The molecule has 0 aromatic heterocycles. The molecule has 0 aromatic carbocycles. The van der Waals surface area contributed by atoms with Crippen molar-refractivity contribution in [3.63, 3.8) is 0 Å². The van der Waals surface area contributed by atoms with E-state index in [-0.39, 0.29) is 6.42 Å². The highest BCUT2D eigenvalue weighted by molar-refractivity contribution is 7.98. The topological polar surface area (TPSA) is 208 Å². The molecule has 0 heterocycles. The first-order chi connectivity index (χ1) is 14.6. The third-order valence-corrected chi connectivity index (χ3v) is 5.31. The van der Waals surface area contributed by atoms with Crippen LogP contribution in [-0.4, -0.2) is 99.8 Å². The quantitative estimate of drug-likeness (QED) is 0.126. The Morgan fingerprint density at radius 1 is 0.806 bits per heavy atom. The van der Waals surface area contributed by atoms with Gasteiger partial charge < -0.3 is 37.0 Å². The third-order valence-electron chi connectivity index (χ3n) is 4.02. The first-order valence-electron chi connectivity index (χ1n) is 9.27. The number of aliphatic hydroxyl groups is 1. The number of carboxylic acids is 2. The van der Waals surface area contributed by atoms with Crippen LogP contribution in [0.25, 0.3) is 0 Å². The summed E-state index contributed by atoms with van der Waals surface area (Å²) < 4.78 is 0. The van der Waals surface area contributed by atoms with Crippen molar-refractivity contribution in [2.24, 2.45) is 5.73 Å². The summed E-state index contributed by atoms with van der Waals surface area (Å²) in [7, 11) is 0. The van der Waals surface area contributed by atoms with E-state index in [2.05, 4.69) is 16.0 Å². The van der Waals surface area contributed by atoms with Crippen LogP contribution in [0.2, 0.25) is 0 Å². The number of rotatable bonds is 16. The minimum atomic E-state index is -1.61. The maximum absolute atomic E-state index is 12.4. The molecule has 12 nitrogen and oxygen atoms in total. The summed E-state index contributed by atoms with van der Waals surface area (Å²) in [6, 6.07) is -5.27. The van der Waals surface area contributed by atoms with Gasteiger partial charge in [0.1, 0.15) is 18.1 Å². The minimum absolute atomic E-state index is 0.0965. The molecule has 14 heteroatoms. The summed E-state index contributed by atoms with van der Waals surface area (Å²) in [5, 5.41) is 34.3. The molecule has 0 aliphatic carbocycles. The normalized spacial score (nSPS) is 14.6. The maximum Gasteiger partial charge on any atom is 0.326 e. The predicted molar refractivity (Wildman–Crippen MR) is 117 cm³/mol. The summed E-state index contributed by atoms with van der Waals surface area (Å²) in [4.78, 5) is 59.3. The minimum Gasteiger partial charge on any atom is -0.481 e. The van der Waals surface area contributed by atoms with E-state index in [0.29, 0.717) is 17.9 Å². The Morgan fingerprint density at radius 3 is 1.77 bits per heavy atom. The van der Waals surface area contributed by atoms with Gasteiger partial charge in [0.25, 0.3) is 0 Å². The zero-order chi connectivity index (χ0) is 24.0. The van der Waals surface area contributed by atoms with Crippen LogP contribution in [0, 0.1) is 0 Å². The monoisotopic (exact) mass is 482 g/mol. The molecule has 0 spiro atoms. The molecule has 0 bridgehead atoms. The van der Waals surface area contributed by atoms with Crippen LogP contribution in [-0.2, 0) is 24.0 Å². The second kappa shape index (κ2) is 15.7. The molecule has 0 aliphatic heterocycles. The van der Waals surface area contributed by atoms with Gasteiger partial charge in [-0.3, -0.25) is 19.2 Å². The van der Waals surface area contributed by atoms with Gasteiger partial charge in [0.05, 0.1) is 19.1 Å². The Morgan fingerprint density at radius 2 is 1.29 bits per heavy atom. The highest BCUT2D eigenvalue weighted by Gasteiger charge is 2.31. The van der Waals surface area contributed by atoms with E-state index in [4.69, 9.17) is 10.8 Å². The van der Waals surface area contributed by atoms with E-state index in [0.717, 1.165) is 0 Å². The molecule has 0 saturated heterocycles. The smallest absolute Gasteiger partial charge is 0.326 e. The number of nitrogens with two attached hydrogens (primary N) is 1. The molecule has 0 fully saturated rings. The fourth-order valence-electron chi connectivity index (χ4n) is 2.27. The number of nitrogens with one attached hydrogen (secondary N) is 3. The largest absolute Gasteiger partial charge is 0.481 e. The van der Waals surface area contributed by atoms with Gasteiger partial charge >= 0.3 is 11.9 Å². The second-order valence-corrected chi connectivity index (χ2v) is 8.44. The van der Waals surface area contributed by atoms with Crippen LogP contribution >= 0.6 is 23.5 Å². The van der Waals surface area contributed by atoms with Crippen LogP contribution < -0.4 is 21.7 Å². The Labute approximate surface area is 188 Å². The number of hydrogen-bond acceptors (Lipinski definition) is 9. The molecular formula is C17H30N4O8S2. The lowest BCUT2D eigenvalue weighted by Gasteiger charge is -2.23. The number of carbonyl (C=O) groups is 5. The van der Waals surface area contributed by atoms with Gasteiger partial charge in [-0.2, -0.15) is 23.5 Å². The molecule has 4 atom stereocenters. The summed E-state index contributed by atoms with van der Waals surface area (Å²) in [5.74, 6) is -4.39. The van der Waals surface area contributed by atoms with Crippen molar-refractivity contribution in [1.82, 2.24) is 16.0 Å². The number of thioether (sulfide) groups is 2. The number of amides is 3. The van der Waals surface area contributed by atoms with Gasteiger partial charge in [0.15, 0.2) is 0 Å². The molecule has 0 aromatic rings. The SMILES string of the molecule is CSCCC(N)C(=O)NC(CO)C(=O)NC(CC(=O)O)C(=O)NC(CCSC)C(=O)O. The number of carboxylic acid groups (broad SMARTS) is 2. The van der Waals surface area contributed by atoms with Crippen molar-refractivity contribution in [2.75, 3.05) is 30.6 Å². The van der Waals surface area contributed by atoms with Crippen LogP contribution in [0.3, 0.4) is 0 Å². The van der Waals surface area contributed by atoms with Gasteiger partial charge in [-0.15, -0.1) is 0 Å². The fraction of sp³-hybridized carbons (Fsp3) is 0.706. The number of hydrogen-bond donors (Lipinski definition) is 7. The average molecular weight is 483 g/mol. The zero-order valence-corrected chi connectivity index (χ0v) is 19.0. The molecule has 0 aliphatic rings. The van der Waals surface area contributed by atoms with Crippen LogP contribution in [0.15, 0.2) is 0 Å². The van der Waals surface area contributed by atoms with Crippen molar-refractivity contribution in [3.8, 4) is 0 Å². The van der Waals surface area contributed by atoms with Gasteiger partial charge in [-0.25, -0.2) is 4.79 Å². The lowest BCUT2D eigenvalue weighted by molar-refractivity contribution is -0.143. The zero-order valence-electron chi connectivity index (χ0n) is 17.3. The van der Waals surface area contributed by atoms with Crippen LogP contribution in [0.4, 0.5) is 0 Å². The maximum atomic E-state index is 12.4. The first-order valence-corrected chi connectivity index (χ1v) is 12.1. The second-order valence-electron chi connectivity index (χ2n) is 6.47. The van der Waals surface area contributed by atoms with Crippen LogP contribution in [0.5, 0.6) is 0 Å². The predicted octanol–water partition coefficient (Wildman–Crippen LogP) is -2.17. The van der Waals surface area contributed by atoms with Gasteiger partial charge in [0.2, 0.25) is 17.7 Å². The van der Waals surface area contributed by atoms with E-state index in [1.54, 1.807) is 6.26 Å². The third kappa shape index (κ3) is 11.8. The number of aliphatic hydroxyl groups excluding tert-OH is 1. The van der Waals surface area contributed by atoms with E-state index < -0.39 is 66.9 Å². The Kier molecular flexibility index (Phi) is 14.7. The Hall–Kier alpha value is -2.03. The van der Waals surface area contributed by atoms with Crippen molar-refractivity contribution in [3.05, 3.63) is 0 Å². The highest BCUT2D eigenvalue weighted by Crippen LogP contribution is 2.04. The molecule has 8 N–H and O–H groups in total. The van der Waals surface area contributed by atoms with Gasteiger partial charge in [-0.05, 0) is 36.9 Å². The summed E-state index contributed by atoms with van der Waals surface area (Å²) in [6.45, 7) is -0.820. The number of aliphatic carboxylic acids is 2. The van der Waals surface area contributed by atoms with Crippen molar-refractivity contribution in [2.45, 2.75) is 43.4 Å². The molecule has 0 saturated carbocycles. The molecule has 3 amide bonds. The van der Waals surface area contributed by atoms with Crippen molar-refractivity contribution >= 4 is 53.2 Å². The van der Waals surface area contributed by atoms with Crippen molar-refractivity contribution < 1.29 is 39.3 Å².